The number of esters is 1. The Kier molecular flexibility index (Phi) is 4.45. The van der Waals surface area contributed by atoms with Crippen molar-refractivity contribution in [2.45, 2.75) is 19.9 Å². The fraction of sp³-hybridized carbons (Fsp3) is 0.375. The third kappa shape index (κ3) is 2.75. The van der Waals surface area contributed by atoms with Crippen molar-refractivity contribution in [2.24, 2.45) is 4.99 Å². The van der Waals surface area contributed by atoms with Crippen LogP contribution in [0.1, 0.15) is 25.5 Å². The molecule has 22 heavy (non-hydrogen) atoms. The molecule has 0 aliphatic carbocycles. The van der Waals surface area contributed by atoms with Gasteiger partial charge in [-0.3, -0.25) is 0 Å². The summed E-state index contributed by atoms with van der Waals surface area (Å²) in [5, 5.41) is 1.66. The average molecular weight is 337 g/mol. The number of nitrogens with zero attached hydrogens (tertiary/aromatic N) is 2. The van der Waals surface area contributed by atoms with E-state index in [-0.39, 0.29) is 12.0 Å². The number of hydrogen-bond donors (Lipinski definition) is 0. The number of hydrogen-bond acceptors (Lipinski definition) is 5. The van der Waals surface area contributed by atoms with Crippen LogP contribution in [0.15, 0.2) is 40.5 Å². The van der Waals surface area contributed by atoms with E-state index >= 15 is 0 Å². The van der Waals surface area contributed by atoms with Crippen molar-refractivity contribution in [1.82, 2.24) is 4.90 Å². The van der Waals surface area contributed by atoms with E-state index in [1.165, 1.54) is 0 Å². The van der Waals surface area contributed by atoms with Gasteiger partial charge in [0.25, 0.3) is 0 Å². The van der Waals surface area contributed by atoms with Crippen molar-refractivity contribution in [1.29, 1.82) is 0 Å². The molecule has 4 nitrogen and oxygen atoms in total. The summed E-state index contributed by atoms with van der Waals surface area (Å²) in [6.45, 7) is 4.91. The molecule has 1 saturated heterocycles. The molecule has 1 aromatic carbocycles. The van der Waals surface area contributed by atoms with E-state index in [4.69, 9.17) is 16.3 Å². The van der Waals surface area contributed by atoms with Crippen molar-refractivity contribution in [2.75, 3.05) is 18.9 Å². The molecule has 1 fully saturated rings. The van der Waals surface area contributed by atoms with Gasteiger partial charge in [-0.1, -0.05) is 35.5 Å². The summed E-state index contributed by atoms with van der Waals surface area (Å²) in [5.41, 5.74) is 2.39. The maximum Gasteiger partial charge on any atom is 0.338 e. The topological polar surface area (TPSA) is 41.9 Å². The summed E-state index contributed by atoms with van der Waals surface area (Å²) in [6, 6.07) is 7.48. The highest BCUT2D eigenvalue weighted by molar-refractivity contribution is 8.14. The molecule has 0 aromatic heterocycles. The number of thioether (sulfide) groups is 1. The SMILES string of the molecule is CCOC(=O)C1=C(C)N=C2SCCN2C1c1ccc(Cl)cc1. The van der Waals surface area contributed by atoms with Gasteiger partial charge >= 0.3 is 5.97 Å². The zero-order valence-electron chi connectivity index (χ0n) is 12.5. The van der Waals surface area contributed by atoms with Gasteiger partial charge in [-0.2, -0.15) is 0 Å². The van der Waals surface area contributed by atoms with Gasteiger partial charge in [0.1, 0.15) is 0 Å². The number of fused-ring (bicyclic) bond motifs is 1. The Morgan fingerprint density at radius 3 is 2.86 bits per heavy atom. The van der Waals surface area contributed by atoms with E-state index < -0.39 is 0 Å². The molecule has 3 rings (SSSR count). The summed E-state index contributed by atoms with van der Waals surface area (Å²) in [6.07, 6.45) is 0. The molecule has 1 aromatic rings. The minimum atomic E-state index is -0.292. The lowest BCUT2D eigenvalue weighted by Crippen LogP contribution is -2.36. The Hall–Kier alpha value is -1.46. The van der Waals surface area contributed by atoms with Crippen LogP contribution in [0, 0.1) is 0 Å². The predicted octanol–water partition coefficient (Wildman–Crippen LogP) is 3.64. The number of aliphatic imine (C=N–C) groups is 1. The lowest BCUT2D eigenvalue weighted by Gasteiger charge is -2.34. The second kappa shape index (κ2) is 6.34. The highest BCUT2D eigenvalue weighted by atomic mass is 35.5. The zero-order valence-corrected chi connectivity index (χ0v) is 14.1. The zero-order chi connectivity index (χ0) is 15.7. The molecule has 1 atom stereocenters. The molecular formula is C16H17ClN2O2S. The molecule has 6 heteroatoms. The molecule has 2 heterocycles. The molecular weight excluding hydrogens is 320 g/mol. The smallest absolute Gasteiger partial charge is 0.338 e. The van der Waals surface area contributed by atoms with Gasteiger partial charge in [0.2, 0.25) is 0 Å². The van der Waals surface area contributed by atoms with Gasteiger partial charge in [-0.15, -0.1) is 0 Å². The minimum absolute atomic E-state index is 0.154. The Balaban J connectivity index is 2.07. The quantitative estimate of drug-likeness (QED) is 0.790. The molecule has 2 aliphatic heterocycles. The largest absolute Gasteiger partial charge is 0.463 e. The van der Waals surface area contributed by atoms with Crippen molar-refractivity contribution < 1.29 is 9.53 Å². The first-order chi connectivity index (χ1) is 10.6. The molecule has 116 valence electrons. The number of carbonyl (C=O) groups is 1. The van der Waals surface area contributed by atoms with Crippen LogP contribution < -0.4 is 0 Å². The van der Waals surface area contributed by atoms with Crippen LogP contribution in [0.25, 0.3) is 0 Å². The Labute approximate surface area is 139 Å². The highest BCUT2D eigenvalue weighted by Gasteiger charge is 2.38. The van der Waals surface area contributed by atoms with Gasteiger partial charge in [-0.05, 0) is 31.5 Å². The third-order valence-electron chi connectivity index (χ3n) is 3.73. The number of halogens is 1. The summed E-state index contributed by atoms with van der Waals surface area (Å²) in [5.74, 6) is 0.686. The standard InChI is InChI=1S/C16H17ClN2O2S/c1-3-21-15(20)13-10(2)18-16-19(8-9-22-16)14(13)11-4-6-12(17)7-5-11/h4-7,14H,3,8-9H2,1-2H3. The van der Waals surface area contributed by atoms with Crippen LogP contribution in [-0.2, 0) is 9.53 Å². The van der Waals surface area contributed by atoms with Crippen LogP contribution >= 0.6 is 23.4 Å². The third-order valence-corrected chi connectivity index (χ3v) is 4.95. The van der Waals surface area contributed by atoms with Crippen molar-refractivity contribution >= 4 is 34.5 Å². The molecule has 0 bridgehead atoms. The number of ether oxygens (including phenoxy) is 1. The number of allylic oxidation sites excluding steroid dienone is 1. The van der Waals surface area contributed by atoms with Gasteiger partial charge in [0.15, 0.2) is 5.17 Å². The Morgan fingerprint density at radius 1 is 1.45 bits per heavy atom. The monoisotopic (exact) mass is 336 g/mol. The normalized spacial score (nSPS) is 20.8. The summed E-state index contributed by atoms with van der Waals surface area (Å²) in [7, 11) is 0. The average Bonchev–Trinajstić information content (AvgIpc) is 2.94. The van der Waals surface area contributed by atoms with Gasteiger partial charge in [-0.25, -0.2) is 9.79 Å². The predicted molar refractivity (Wildman–Crippen MR) is 90.1 cm³/mol. The van der Waals surface area contributed by atoms with E-state index in [2.05, 4.69) is 9.89 Å². The van der Waals surface area contributed by atoms with E-state index in [0.29, 0.717) is 17.2 Å². The van der Waals surface area contributed by atoms with Crippen LogP contribution in [0.3, 0.4) is 0 Å². The van der Waals surface area contributed by atoms with E-state index in [1.807, 2.05) is 38.1 Å². The summed E-state index contributed by atoms with van der Waals surface area (Å²) in [4.78, 5) is 19.2. The first-order valence-corrected chi connectivity index (χ1v) is 8.59. The number of carbonyl (C=O) groups excluding carboxylic acids is 1. The second-order valence-electron chi connectivity index (χ2n) is 5.11. The van der Waals surface area contributed by atoms with Gasteiger partial charge in [0, 0.05) is 17.3 Å². The number of benzene rings is 1. The molecule has 0 saturated carbocycles. The van der Waals surface area contributed by atoms with E-state index in [0.717, 1.165) is 28.7 Å². The lowest BCUT2D eigenvalue weighted by atomic mass is 9.94. The van der Waals surface area contributed by atoms with E-state index in [9.17, 15) is 4.79 Å². The maximum atomic E-state index is 12.4. The molecule has 0 amide bonds. The van der Waals surface area contributed by atoms with Crippen LogP contribution in [0.4, 0.5) is 0 Å². The summed E-state index contributed by atoms with van der Waals surface area (Å²) < 4.78 is 5.25. The minimum Gasteiger partial charge on any atom is -0.463 e. The highest BCUT2D eigenvalue weighted by Crippen LogP contribution is 2.40. The number of rotatable bonds is 3. The second-order valence-corrected chi connectivity index (χ2v) is 6.61. The van der Waals surface area contributed by atoms with Crippen molar-refractivity contribution in [3.8, 4) is 0 Å². The van der Waals surface area contributed by atoms with Crippen LogP contribution in [0.5, 0.6) is 0 Å². The van der Waals surface area contributed by atoms with Gasteiger partial charge < -0.3 is 9.64 Å². The van der Waals surface area contributed by atoms with Gasteiger partial charge in [0.05, 0.1) is 23.9 Å². The summed E-state index contributed by atoms with van der Waals surface area (Å²) >= 11 is 7.72. The Morgan fingerprint density at radius 2 is 2.18 bits per heavy atom. The number of amidine groups is 1. The maximum absolute atomic E-state index is 12.4. The van der Waals surface area contributed by atoms with Crippen LogP contribution in [0.2, 0.25) is 5.02 Å². The first kappa shape index (κ1) is 15.4. The van der Waals surface area contributed by atoms with E-state index in [1.54, 1.807) is 11.8 Å². The molecule has 0 spiro atoms. The fourth-order valence-electron chi connectivity index (χ4n) is 2.77. The molecule has 1 unspecified atom stereocenters. The molecule has 0 N–H and O–H groups in total. The van der Waals surface area contributed by atoms with Crippen molar-refractivity contribution in [3.63, 3.8) is 0 Å². The molecule has 0 radical (unpaired) electrons. The van der Waals surface area contributed by atoms with Crippen molar-refractivity contribution in [3.05, 3.63) is 46.1 Å². The van der Waals surface area contributed by atoms with Crippen LogP contribution in [-0.4, -0.2) is 34.9 Å². The first-order valence-electron chi connectivity index (χ1n) is 7.23. The fourth-order valence-corrected chi connectivity index (χ4v) is 3.93. The molecule has 2 aliphatic rings. The Bertz CT molecular complexity index is 655. The lowest BCUT2D eigenvalue weighted by molar-refractivity contribution is -0.139.